The van der Waals surface area contributed by atoms with Gasteiger partial charge in [0, 0.05) is 25.7 Å². The van der Waals surface area contributed by atoms with Crippen molar-refractivity contribution in [1.29, 1.82) is 0 Å². The van der Waals surface area contributed by atoms with Gasteiger partial charge in [0.05, 0.1) is 26.4 Å². The smallest absolute Gasteiger partial charge is 0.789 e. The van der Waals surface area contributed by atoms with Gasteiger partial charge in [-0.3, -0.25) is 19.2 Å². The van der Waals surface area contributed by atoms with Crippen molar-refractivity contribution >= 4 is 136 Å². The van der Waals surface area contributed by atoms with Gasteiger partial charge in [-0.25, -0.2) is 0 Å². The Bertz CT molecular complexity index is 1710. The number of ether oxygens (including phenoxy) is 4. The van der Waals surface area contributed by atoms with E-state index in [4.69, 9.17) is 69.5 Å². The summed E-state index contributed by atoms with van der Waals surface area (Å²) < 4.78 is 20.0. The van der Waals surface area contributed by atoms with Crippen LogP contribution >= 0.6 is 13.5 Å². The van der Waals surface area contributed by atoms with Gasteiger partial charge in [0.25, 0.3) is 0 Å². The molecule has 0 bridgehead atoms. The van der Waals surface area contributed by atoms with Crippen LogP contribution in [0.2, 0.25) is 0 Å². The van der Waals surface area contributed by atoms with Crippen LogP contribution in [0.1, 0.15) is 556 Å². The predicted molar refractivity (Wildman–Crippen MR) is 557 cm³/mol. The van der Waals surface area contributed by atoms with E-state index in [1.165, 1.54) is 437 Å². The Balaban J connectivity index is -0.000000195. The molecule has 716 valence electrons. The van der Waals surface area contributed by atoms with E-state index in [0.29, 0.717) is 75.1 Å². The van der Waals surface area contributed by atoms with E-state index < -0.39 is 0 Å². The van der Waals surface area contributed by atoms with Crippen LogP contribution in [-0.4, -0.2) is 121 Å². The molecule has 0 saturated carbocycles. The van der Waals surface area contributed by atoms with Gasteiger partial charge in [-0.15, -0.1) is 23.0 Å². The molecule has 0 spiro atoms. The van der Waals surface area contributed by atoms with Crippen molar-refractivity contribution in [2.75, 3.05) is 49.4 Å². The second-order valence-corrected chi connectivity index (χ2v) is 35.2. The number of rotatable bonds is 92. The summed E-state index contributed by atoms with van der Waals surface area (Å²) in [7, 11) is 0. The molecule has 0 aliphatic rings. The summed E-state index contributed by atoms with van der Waals surface area (Å²) in [5.74, 6) is 1.70. The van der Waals surface area contributed by atoms with Gasteiger partial charge < -0.3 is 69.5 Å². The summed E-state index contributed by atoms with van der Waals surface area (Å²) in [6.45, 7) is 10.0. The van der Waals surface area contributed by atoms with Crippen molar-refractivity contribution in [1.82, 2.24) is 0 Å². The summed E-state index contributed by atoms with van der Waals surface area (Å²) >= 11 is 19.0. The molecule has 0 unspecified atom stereocenters. The molecule has 0 saturated heterocycles. The molecule has 0 fully saturated rings. The number of carbonyl (C=O) groups excluding carboxylic acids is 4. The van der Waals surface area contributed by atoms with Gasteiger partial charge in [-0.2, -0.15) is 13.5 Å². The molecule has 121 heavy (non-hydrogen) atoms. The number of unbranched alkanes of at least 4 members (excludes halogenated alkanes) is 72. The Kier molecular flexibility index (Phi) is 156. The Morgan fingerprint density at radius 1 is 0.182 bits per heavy atom. The molecule has 0 aromatic heterocycles. The fraction of sp³-hybridized carbons (Fsp3) is 0.887. The normalized spacial score (nSPS) is 10.9. The van der Waals surface area contributed by atoms with Gasteiger partial charge in [0.1, 0.15) is 0 Å². The fourth-order valence-electron chi connectivity index (χ4n) is 15.0. The van der Waals surface area contributed by atoms with Crippen LogP contribution < -0.4 is 0 Å². The minimum absolute atomic E-state index is 0. The Hall–Kier alpha value is 0.187. The summed E-state index contributed by atoms with van der Waals surface area (Å²) in [5.41, 5.74) is 0. The van der Waals surface area contributed by atoms with Crippen molar-refractivity contribution < 1.29 is 38.1 Å². The summed E-state index contributed by atoms with van der Waals surface area (Å²) in [6.07, 6.45) is 123. The minimum Gasteiger partial charge on any atom is -0.789 e. The van der Waals surface area contributed by atoms with Crippen molar-refractivity contribution in [2.45, 2.75) is 556 Å². The molecule has 0 aliphatic carbocycles. The maximum atomic E-state index is 11.3. The molecule has 0 heterocycles. The van der Waals surface area contributed by atoms with E-state index in [1.54, 1.807) is 0 Å². The van der Waals surface area contributed by atoms with Crippen molar-refractivity contribution in [3.63, 3.8) is 0 Å². The number of hydrogen-bond acceptors (Lipinski definition) is 12. The second-order valence-electron chi connectivity index (χ2n) is 33.6. The van der Waals surface area contributed by atoms with Gasteiger partial charge in [0.2, 0.25) is 0 Å². The minimum atomic E-state index is -0.0782. The maximum Gasteiger partial charge on any atom is 2.00 e. The SMILES string of the molecule is C.C.C/C=C/CCCCCCCCCCCCCCCCCCCCC(=O)OCC[S-].C/C=C/CCCCCCCCCCCCCCCCCCCCC(=O)OCC[S-].C/C=C/CCCCCCCCCCCCCCCCCCCCC(=O)OCC[S-].C/C=C/CCCCCCCCCCCCCCCCCCCCC(=O)OCC[S-].S.[Sn+2].[Sn+2]. The van der Waals surface area contributed by atoms with E-state index in [-0.39, 0.29) is 100 Å². The molecule has 0 aromatic rings. The maximum absolute atomic E-state index is 11.3. The molecule has 0 N–H and O–H groups in total. The van der Waals surface area contributed by atoms with Crippen LogP contribution in [0.25, 0.3) is 0 Å². The van der Waals surface area contributed by atoms with Crippen LogP contribution in [0.4, 0.5) is 0 Å². The quantitative estimate of drug-likeness (QED) is 0.0145. The Labute approximate surface area is 820 Å². The van der Waals surface area contributed by atoms with Crippen LogP contribution in [0.3, 0.4) is 0 Å². The third kappa shape index (κ3) is 143. The van der Waals surface area contributed by atoms with E-state index in [0.717, 1.165) is 51.4 Å². The Morgan fingerprint density at radius 2 is 0.273 bits per heavy atom. The van der Waals surface area contributed by atoms with Crippen molar-refractivity contribution in [2.24, 2.45) is 0 Å². The first-order chi connectivity index (χ1) is 57.2. The first-order valence-corrected chi connectivity index (χ1v) is 52.9. The average Bonchev–Trinajstić information content (AvgIpc) is 1.07. The zero-order valence-electron chi connectivity index (χ0n) is 79.2. The summed E-state index contributed by atoms with van der Waals surface area (Å²) in [6, 6.07) is 0. The first kappa shape index (κ1) is 139. The molecule has 0 atom stereocenters. The summed E-state index contributed by atoms with van der Waals surface area (Å²) in [5, 5.41) is 0. The average molecular weight is 2010 g/mol. The number of carbonyl (C=O) groups is 4. The number of hydrogen-bond donors (Lipinski definition) is 0. The zero-order chi connectivity index (χ0) is 85.0. The molecule has 8 nitrogen and oxygen atoms in total. The number of allylic oxidation sites excluding steroid dienone is 8. The van der Waals surface area contributed by atoms with E-state index in [1.807, 2.05) is 0 Å². The van der Waals surface area contributed by atoms with E-state index in [2.05, 4.69) is 76.3 Å². The molecular formula is C106H206O8S5Sn2. The molecule has 0 aromatic carbocycles. The number of esters is 4. The monoisotopic (exact) mass is 2010 g/mol. The van der Waals surface area contributed by atoms with Crippen LogP contribution in [0, 0.1) is 0 Å². The van der Waals surface area contributed by atoms with Gasteiger partial charge in [-0.05, 0) is 105 Å². The van der Waals surface area contributed by atoms with E-state index in [9.17, 15) is 19.2 Å². The van der Waals surface area contributed by atoms with Crippen LogP contribution in [0.15, 0.2) is 48.6 Å². The molecule has 0 amide bonds. The molecule has 0 aliphatic heterocycles. The van der Waals surface area contributed by atoms with Crippen LogP contribution in [-0.2, 0) is 88.6 Å². The topological polar surface area (TPSA) is 105 Å². The molecule has 15 heteroatoms. The van der Waals surface area contributed by atoms with Gasteiger partial charge >= 0.3 is 71.7 Å². The molecule has 0 rings (SSSR count). The van der Waals surface area contributed by atoms with Crippen LogP contribution in [0.5, 0.6) is 0 Å². The van der Waals surface area contributed by atoms with Crippen molar-refractivity contribution in [3.05, 3.63) is 48.6 Å². The largest absolute Gasteiger partial charge is 2.00 e. The van der Waals surface area contributed by atoms with E-state index >= 15 is 0 Å². The van der Waals surface area contributed by atoms with Gasteiger partial charge in [0.15, 0.2) is 0 Å². The first-order valence-electron chi connectivity index (χ1n) is 50.6. The zero-order valence-corrected chi connectivity index (χ0v) is 89.2. The fourth-order valence-corrected chi connectivity index (χ4v) is 15.4. The standard InChI is InChI=1S/4C26H50O2S.2CH4.H2S.2Sn/c4*1-2-3-4-5-6-7-8-9-10-11-12-13-14-15-16-17-18-19-20-21-22-23-26(27)28-24-25-29;;;;;/h4*2-3,29H,4-25H2,1H3;2*1H4;1H2;;/q;;;;;;;2*+2/p-4/b4*3-2+;;;;;. The third-order valence-electron chi connectivity index (χ3n) is 22.3. The summed E-state index contributed by atoms with van der Waals surface area (Å²) in [4.78, 5) is 45.3. The molecule has 4 radical (unpaired) electrons. The molecular weight excluding hydrogens is 1800 g/mol. The Morgan fingerprint density at radius 3 is 0.364 bits per heavy atom. The second kappa shape index (κ2) is 136. The third-order valence-corrected chi connectivity index (χ3v) is 23.0. The van der Waals surface area contributed by atoms with Crippen molar-refractivity contribution in [3.8, 4) is 0 Å². The van der Waals surface area contributed by atoms with Gasteiger partial charge in [-0.1, -0.05) is 474 Å². The predicted octanol–water partition coefficient (Wildman–Crippen LogP) is 34.4.